The first-order chi connectivity index (χ1) is 14.0. The molecule has 2 heterocycles. The zero-order valence-corrected chi connectivity index (χ0v) is 17.7. The number of carbonyl (C=O) groups is 1. The summed E-state index contributed by atoms with van der Waals surface area (Å²) in [6.07, 6.45) is 1.63. The van der Waals surface area contributed by atoms with Crippen LogP contribution in [0.3, 0.4) is 0 Å². The second-order valence-corrected chi connectivity index (χ2v) is 9.72. The highest BCUT2D eigenvalue weighted by atomic mass is 32.2. The topological polar surface area (TPSA) is 109 Å². The predicted molar refractivity (Wildman–Crippen MR) is 109 cm³/mol. The van der Waals surface area contributed by atoms with Crippen molar-refractivity contribution < 1.29 is 27.4 Å². The molecule has 0 fully saturated rings. The van der Waals surface area contributed by atoms with Gasteiger partial charge in [0.1, 0.15) is 23.3 Å². The number of nitrogens with zero attached hydrogens (tertiary/aromatic N) is 2. The number of halogens is 1. The number of benzene rings is 1. The quantitative estimate of drug-likeness (QED) is 0.716. The monoisotopic (exact) mass is 437 g/mol. The van der Waals surface area contributed by atoms with Crippen molar-refractivity contribution in [2.45, 2.75) is 38.5 Å². The molecule has 0 spiro atoms. The largest absolute Gasteiger partial charge is 0.485 e. The minimum atomic E-state index is -3.96. The molecule has 0 radical (unpaired) electrons. The zero-order chi connectivity index (χ0) is 22.1. The van der Waals surface area contributed by atoms with Crippen molar-refractivity contribution in [3.8, 4) is 5.75 Å². The van der Waals surface area contributed by atoms with Crippen LogP contribution in [0.15, 0.2) is 42.7 Å². The van der Waals surface area contributed by atoms with Crippen LogP contribution < -0.4 is 10.1 Å². The predicted octanol–water partition coefficient (Wildman–Crippen LogP) is 2.08. The molecule has 2 atom stereocenters. The maximum absolute atomic E-state index is 14.0. The van der Waals surface area contributed by atoms with E-state index < -0.39 is 46.0 Å². The second kappa shape index (κ2) is 8.29. The number of carbonyl (C=O) groups excluding carboxylic acids is 1. The van der Waals surface area contributed by atoms with Crippen molar-refractivity contribution in [3.63, 3.8) is 0 Å². The standard InChI is InChI=1S/C20H24FN3O5S/c1-4-30(27,28)24(12-17(25)23-14-7-9-22-10-8-14)18-15-11-13(21)5-6-16(15)29-20(2,3)19(18)26/h5-11,18-19,26H,4,12H2,1-3H3,(H,22,23,25). The van der Waals surface area contributed by atoms with Crippen LogP contribution in [0.2, 0.25) is 0 Å². The third-order valence-electron chi connectivity index (χ3n) is 4.97. The molecule has 10 heteroatoms. The molecule has 2 unspecified atom stereocenters. The summed E-state index contributed by atoms with van der Waals surface area (Å²) in [5, 5.41) is 13.6. The molecule has 0 aliphatic carbocycles. The molecule has 1 aliphatic heterocycles. The first-order valence-electron chi connectivity index (χ1n) is 9.41. The molecule has 3 rings (SSSR count). The minimum Gasteiger partial charge on any atom is -0.485 e. The number of rotatable bonds is 6. The number of pyridine rings is 1. The molecule has 0 bridgehead atoms. The van der Waals surface area contributed by atoms with Gasteiger partial charge in [0.25, 0.3) is 0 Å². The number of aliphatic hydroxyl groups is 1. The summed E-state index contributed by atoms with van der Waals surface area (Å²) in [5.41, 5.74) is -0.558. The van der Waals surface area contributed by atoms with Crippen LogP contribution in [0.1, 0.15) is 32.4 Å². The van der Waals surface area contributed by atoms with Gasteiger partial charge in [-0.2, -0.15) is 4.31 Å². The summed E-state index contributed by atoms with van der Waals surface area (Å²) < 4.78 is 46.5. The fourth-order valence-electron chi connectivity index (χ4n) is 3.36. The first-order valence-corrected chi connectivity index (χ1v) is 11.0. The molecular weight excluding hydrogens is 413 g/mol. The van der Waals surface area contributed by atoms with E-state index in [2.05, 4.69) is 10.3 Å². The van der Waals surface area contributed by atoms with Gasteiger partial charge in [0.2, 0.25) is 15.9 Å². The molecule has 1 aromatic carbocycles. The lowest BCUT2D eigenvalue weighted by molar-refractivity contribution is -0.119. The Morgan fingerprint density at radius 2 is 1.97 bits per heavy atom. The lowest BCUT2D eigenvalue weighted by atomic mass is 9.86. The van der Waals surface area contributed by atoms with Gasteiger partial charge in [0.15, 0.2) is 0 Å². The Bertz CT molecular complexity index is 1030. The third-order valence-corrected chi connectivity index (χ3v) is 6.77. The normalized spacial score (nSPS) is 20.3. The van der Waals surface area contributed by atoms with E-state index in [4.69, 9.17) is 4.74 Å². The molecule has 0 saturated heterocycles. The van der Waals surface area contributed by atoms with E-state index in [9.17, 15) is 22.7 Å². The van der Waals surface area contributed by atoms with Crippen LogP contribution >= 0.6 is 0 Å². The lowest BCUT2D eigenvalue weighted by Gasteiger charge is -2.45. The van der Waals surface area contributed by atoms with Crippen LogP contribution in [-0.4, -0.2) is 52.7 Å². The van der Waals surface area contributed by atoms with E-state index in [1.165, 1.54) is 31.5 Å². The summed E-state index contributed by atoms with van der Waals surface area (Å²) in [5.74, 6) is -1.26. The second-order valence-electron chi connectivity index (χ2n) is 7.51. The Kier molecular flexibility index (Phi) is 6.11. The van der Waals surface area contributed by atoms with Crippen LogP contribution in [0.5, 0.6) is 5.75 Å². The number of hydrogen-bond acceptors (Lipinski definition) is 6. The van der Waals surface area contributed by atoms with E-state index >= 15 is 0 Å². The van der Waals surface area contributed by atoms with Crippen LogP contribution in [-0.2, 0) is 14.8 Å². The molecule has 2 aromatic rings. The number of amides is 1. The van der Waals surface area contributed by atoms with E-state index in [0.717, 1.165) is 10.4 Å². The van der Waals surface area contributed by atoms with Crippen molar-refractivity contribution in [1.82, 2.24) is 9.29 Å². The summed E-state index contributed by atoms with van der Waals surface area (Å²) in [4.78, 5) is 16.5. The highest BCUT2D eigenvalue weighted by Crippen LogP contribution is 2.44. The number of anilines is 1. The van der Waals surface area contributed by atoms with E-state index in [1.807, 2.05) is 0 Å². The summed E-state index contributed by atoms with van der Waals surface area (Å²) in [6, 6.07) is 5.63. The summed E-state index contributed by atoms with van der Waals surface area (Å²) in [7, 11) is -3.96. The molecule has 2 N–H and O–H groups in total. The molecule has 1 aromatic heterocycles. The minimum absolute atomic E-state index is 0.163. The molecular formula is C20H24FN3O5S. The first kappa shape index (κ1) is 22.1. The van der Waals surface area contributed by atoms with Crippen molar-refractivity contribution in [3.05, 3.63) is 54.1 Å². The van der Waals surface area contributed by atoms with Crippen molar-refractivity contribution in [1.29, 1.82) is 0 Å². The summed E-state index contributed by atoms with van der Waals surface area (Å²) in [6.45, 7) is 4.08. The van der Waals surface area contributed by atoms with Gasteiger partial charge in [-0.05, 0) is 51.1 Å². The number of aromatic nitrogens is 1. The third kappa shape index (κ3) is 4.45. The average Bonchev–Trinajstić information content (AvgIpc) is 2.69. The van der Waals surface area contributed by atoms with Gasteiger partial charge < -0.3 is 15.2 Å². The zero-order valence-electron chi connectivity index (χ0n) is 16.9. The Balaban J connectivity index is 2.03. The van der Waals surface area contributed by atoms with Gasteiger partial charge in [-0.3, -0.25) is 9.78 Å². The maximum atomic E-state index is 14.0. The van der Waals surface area contributed by atoms with Gasteiger partial charge in [-0.25, -0.2) is 12.8 Å². The number of nitrogens with one attached hydrogen (secondary N) is 1. The molecule has 1 amide bonds. The molecule has 1 aliphatic rings. The Morgan fingerprint density at radius 1 is 1.30 bits per heavy atom. The Morgan fingerprint density at radius 3 is 2.60 bits per heavy atom. The van der Waals surface area contributed by atoms with Crippen molar-refractivity contribution >= 4 is 21.6 Å². The Hall–Kier alpha value is -2.56. The number of fused-ring (bicyclic) bond motifs is 1. The van der Waals surface area contributed by atoms with Gasteiger partial charge >= 0.3 is 0 Å². The lowest BCUT2D eigenvalue weighted by Crippen LogP contribution is -2.56. The fraction of sp³-hybridized carbons (Fsp3) is 0.400. The molecule has 162 valence electrons. The van der Waals surface area contributed by atoms with Gasteiger partial charge in [0.05, 0.1) is 18.3 Å². The van der Waals surface area contributed by atoms with E-state index in [0.29, 0.717) is 5.69 Å². The SMILES string of the molecule is CCS(=O)(=O)N(CC(=O)Nc1ccncc1)C1c2cc(F)ccc2OC(C)(C)C1O. The fourth-order valence-corrected chi connectivity index (χ4v) is 4.58. The van der Waals surface area contributed by atoms with Crippen LogP contribution in [0.25, 0.3) is 0 Å². The average molecular weight is 437 g/mol. The number of sulfonamides is 1. The van der Waals surface area contributed by atoms with Crippen LogP contribution in [0, 0.1) is 5.82 Å². The Labute approximate surface area is 174 Å². The van der Waals surface area contributed by atoms with Gasteiger partial charge in [-0.15, -0.1) is 0 Å². The highest BCUT2D eigenvalue weighted by Gasteiger charge is 2.48. The van der Waals surface area contributed by atoms with Crippen molar-refractivity contribution in [2.24, 2.45) is 0 Å². The number of hydrogen-bond donors (Lipinski definition) is 2. The molecule has 0 saturated carbocycles. The number of ether oxygens (including phenoxy) is 1. The number of aliphatic hydroxyl groups excluding tert-OH is 1. The smallest absolute Gasteiger partial charge is 0.239 e. The highest BCUT2D eigenvalue weighted by molar-refractivity contribution is 7.89. The van der Waals surface area contributed by atoms with Gasteiger partial charge in [0, 0.05) is 23.6 Å². The van der Waals surface area contributed by atoms with E-state index in [1.54, 1.807) is 26.0 Å². The van der Waals surface area contributed by atoms with Gasteiger partial charge in [-0.1, -0.05) is 0 Å². The molecule has 30 heavy (non-hydrogen) atoms. The van der Waals surface area contributed by atoms with Crippen molar-refractivity contribution in [2.75, 3.05) is 17.6 Å². The summed E-state index contributed by atoms with van der Waals surface area (Å²) >= 11 is 0. The maximum Gasteiger partial charge on any atom is 0.239 e. The van der Waals surface area contributed by atoms with Crippen LogP contribution in [0.4, 0.5) is 10.1 Å². The molecule has 8 nitrogen and oxygen atoms in total. The van der Waals surface area contributed by atoms with E-state index in [-0.39, 0.29) is 17.1 Å².